The lowest BCUT2D eigenvalue weighted by atomic mass is 10.1. The van der Waals surface area contributed by atoms with Gasteiger partial charge in [-0.25, -0.2) is 0 Å². The first kappa shape index (κ1) is 13.2. The number of hydrogen-bond acceptors (Lipinski definition) is 3. The van der Waals surface area contributed by atoms with Crippen molar-refractivity contribution in [1.82, 2.24) is 10.3 Å². The van der Waals surface area contributed by atoms with Crippen LogP contribution in [-0.2, 0) is 17.3 Å². The molecular weight excluding hydrogens is 244 g/mol. The molecule has 0 aliphatic heterocycles. The number of benzene rings is 1. The van der Waals surface area contributed by atoms with Gasteiger partial charge in [-0.15, -0.1) is 0 Å². The topological polar surface area (TPSA) is 42.0 Å². The molecule has 2 atom stereocenters. The van der Waals surface area contributed by atoms with Crippen molar-refractivity contribution in [3.05, 3.63) is 42.1 Å². The van der Waals surface area contributed by atoms with Crippen molar-refractivity contribution in [2.45, 2.75) is 18.7 Å². The van der Waals surface area contributed by atoms with Gasteiger partial charge in [0, 0.05) is 47.0 Å². The van der Waals surface area contributed by atoms with Crippen LogP contribution in [0.5, 0.6) is 0 Å². The number of nitrogens with one attached hydrogen (secondary N) is 1. The Balaban J connectivity index is 2.06. The monoisotopic (exact) mass is 262 g/mol. The van der Waals surface area contributed by atoms with E-state index >= 15 is 0 Å². The highest BCUT2D eigenvalue weighted by Crippen LogP contribution is 2.15. The number of pyridine rings is 1. The fourth-order valence-electron chi connectivity index (χ4n) is 1.84. The maximum Gasteiger partial charge on any atom is 0.0746 e. The molecule has 0 aliphatic carbocycles. The molecule has 0 bridgehead atoms. The molecule has 18 heavy (non-hydrogen) atoms. The van der Waals surface area contributed by atoms with E-state index in [4.69, 9.17) is 0 Å². The number of hydrogen-bond donors (Lipinski definition) is 1. The first-order chi connectivity index (χ1) is 8.68. The Morgan fingerprint density at radius 3 is 2.89 bits per heavy atom. The summed E-state index contributed by atoms with van der Waals surface area (Å²) in [5.41, 5.74) is 2.22. The van der Waals surface area contributed by atoms with Gasteiger partial charge in [0.1, 0.15) is 0 Å². The van der Waals surface area contributed by atoms with Crippen LogP contribution in [0.4, 0.5) is 0 Å². The lowest BCUT2D eigenvalue weighted by molar-refractivity contribution is 0.648. The number of aromatic nitrogens is 1. The van der Waals surface area contributed by atoms with Crippen molar-refractivity contribution in [3.63, 3.8) is 0 Å². The highest BCUT2D eigenvalue weighted by Gasteiger charge is 2.06. The van der Waals surface area contributed by atoms with Gasteiger partial charge in [-0.2, -0.15) is 0 Å². The predicted octanol–water partition coefficient (Wildman–Crippen LogP) is 2.09. The zero-order valence-corrected chi connectivity index (χ0v) is 11.5. The maximum atomic E-state index is 11.3. The minimum Gasteiger partial charge on any atom is -0.311 e. The van der Waals surface area contributed by atoms with E-state index in [1.165, 1.54) is 5.56 Å². The summed E-state index contributed by atoms with van der Waals surface area (Å²) in [6, 6.07) is 10.2. The fraction of sp³-hybridized carbons (Fsp3) is 0.357. The lowest BCUT2D eigenvalue weighted by Crippen LogP contribution is -2.27. The third-order valence-electron chi connectivity index (χ3n) is 3.03. The highest BCUT2D eigenvalue weighted by atomic mass is 32.2. The van der Waals surface area contributed by atoms with E-state index in [9.17, 15) is 4.21 Å². The van der Waals surface area contributed by atoms with E-state index in [0.717, 1.165) is 24.0 Å². The molecule has 1 aromatic heterocycles. The molecule has 2 aromatic rings. The van der Waals surface area contributed by atoms with Gasteiger partial charge in [-0.1, -0.05) is 24.3 Å². The molecule has 96 valence electrons. The van der Waals surface area contributed by atoms with E-state index in [2.05, 4.69) is 28.5 Å². The predicted molar refractivity (Wildman–Crippen MR) is 77.0 cm³/mol. The van der Waals surface area contributed by atoms with E-state index < -0.39 is 10.8 Å². The Morgan fingerprint density at radius 2 is 2.11 bits per heavy atom. The Hall–Kier alpha value is -1.26. The Kier molecular flexibility index (Phi) is 4.44. The van der Waals surface area contributed by atoms with Gasteiger partial charge < -0.3 is 5.32 Å². The molecule has 4 heteroatoms. The zero-order valence-electron chi connectivity index (χ0n) is 10.7. The Morgan fingerprint density at radius 1 is 1.33 bits per heavy atom. The van der Waals surface area contributed by atoms with Crippen molar-refractivity contribution in [3.8, 4) is 0 Å². The lowest BCUT2D eigenvalue weighted by Gasteiger charge is -2.11. The number of rotatable bonds is 5. The van der Waals surface area contributed by atoms with E-state index in [0.29, 0.717) is 0 Å². The van der Waals surface area contributed by atoms with Crippen LogP contribution in [0.25, 0.3) is 10.9 Å². The summed E-state index contributed by atoms with van der Waals surface area (Å²) >= 11 is 0. The molecule has 1 heterocycles. The molecule has 0 amide bonds. The largest absolute Gasteiger partial charge is 0.311 e. The first-order valence-electron chi connectivity index (χ1n) is 6.04. The van der Waals surface area contributed by atoms with Gasteiger partial charge in [-0.3, -0.25) is 9.19 Å². The summed E-state index contributed by atoms with van der Waals surface area (Å²) in [5.74, 6) is 0. The molecule has 2 unspecified atom stereocenters. The molecule has 0 radical (unpaired) electrons. The first-order valence-corrected chi connectivity index (χ1v) is 7.66. The van der Waals surface area contributed by atoms with E-state index in [1.54, 1.807) is 6.26 Å². The van der Waals surface area contributed by atoms with Crippen LogP contribution >= 0.6 is 0 Å². The normalized spacial score (nSPS) is 14.6. The molecule has 1 aromatic carbocycles. The van der Waals surface area contributed by atoms with Crippen LogP contribution in [0.1, 0.15) is 12.5 Å². The van der Waals surface area contributed by atoms with Gasteiger partial charge in [0.05, 0.1) is 5.52 Å². The minimum atomic E-state index is -0.773. The van der Waals surface area contributed by atoms with Gasteiger partial charge in [0.25, 0.3) is 0 Å². The standard InChI is InChI=1S/C14H18N2OS/c1-11(18(2)17)9-15-10-13-6-3-5-12-7-4-8-16-14(12)13/h3-8,11,15H,9-10H2,1-2H3. The Bertz CT molecular complexity index is 551. The fourth-order valence-corrected chi connectivity index (χ4v) is 2.19. The van der Waals surface area contributed by atoms with Gasteiger partial charge in [0.2, 0.25) is 0 Å². The Labute approximate surface area is 110 Å². The summed E-state index contributed by atoms with van der Waals surface area (Å²) < 4.78 is 11.3. The number of nitrogens with zero attached hydrogens (tertiary/aromatic N) is 1. The molecule has 3 nitrogen and oxygen atoms in total. The molecule has 0 saturated carbocycles. The van der Waals surface area contributed by atoms with Gasteiger partial charge in [-0.05, 0) is 18.6 Å². The average Bonchev–Trinajstić information content (AvgIpc) is 2.38. The minimum absolute atomic E-state index is 0.174. The third kappa shape index (κ3) is 3.15. The molecule has 1 N–H and O–H groups in total. The van der Waals surface area contributed by atoms with Crippen LogP contribution in [0.15, 0.2) is 36.5 Å². The van der Waals surface area contributed by atoms with Crippen molar-refractivity contribution in [2.75, 3.05) is 12.8 Å². The van der Waals surface area contributed by atoms with Gasteiger partial charge >= 0.3 is 0 Å². The molecule has 0 saturated heterocycles. The highest BCUT2D eigenvalue weighted by molar-refractivity contribution is 7.84. The third-order valence-corrected chi connectivity index (χ3v) is 4.33. The number of fused-ring (bicyclic) bond motifs is 1. The summed E-state index contributed by atoms with van der Waals surface area (Å²) in [6.07, 6.45) is 3.56. The second-order valence-corrected chi connectivity index (χ2v) is 6.23. The molecular formula is C14H18N2OS. The van der Waals surface area contributed by atoms with E-state index in [1.807, 2.05) is 25.3 Å². The van der Waals surface area contributed by atoms with Crippen LogP contribution in [0.2, 0.25) is 0 Å². The van der Waals surface area contributed by atoms with Crippen LogP contribution in [0.3, 0.4) is 0 Å². The van der Waals surface area contributed by atoms with Crippen molar-refractivity contribution < 1.29 is 4.21 Å². The smallest absolute Gasteiger partial charge is 0.0746 e. The second-order valence-electron chi connectivity index (χ2n) is 4.43. The van der Waals surface area contributed by atoms with Crippen LogP contribution < -0.4 is 5.32 Å². The maximum absolute atomic E-state index is 11.3. The number of para-hydroxylation sites is 1. The van der Waals surface area contributed by atoms with Crippen molar-refractivity contribution in [1.29, 1.82) is 0 Å². The SMILES string of the molecule is CC(CNCc1cccc2cccnc12)S(C)=O. The van der Waals surface area contributed by atoms with E-state index in [-0.39, 0.29) is 5.25 Å². The summed E-state index contributed by atoms with van der Waals surface area (Å²) in [6.45, 7) is 3.51. The molecule has 2 rings (SSSR count). The summed E-state index contributed by atoms with van der Waals surface area (Å²) in [5, 5.41) is 4.67. The van der Waals surface area contributed by atoms with Gasteiger partial charge in [0.15, 0.2) is 0 Å². The second kappa shape index (κ2) is 6.07. The summed E-state index contributed by atoms with van der Waals surface area (Å²) in [4.78, 5) is 4.41. The quantitative estimate of drug-likeness (QED) is 0.897. The summed E-state index contributed by atoms with van der Waals surface area (Å²) in [7, 11) is -0.773. The molecule has 0 fully saturated rings. The molecule has 0 aliphatic rings. The molecule has 0 spiro atoms. The van der Waals surface area contributed by atoms with Crippen molar-refractivity contribution in [2.24, 2.45) is 0 Å². The van der Waals surface area contributed by atoms with Crippen molar-refractivity contribution >= 4 is 21.7 Å². The van der Waals surface area contributed by atoms with Crippen LogP contribution in [0, 0.1) is 0 Å². The van der Waals surface area contributed by atoms with Crippen LogP contribution in [-0.4, -0.2) is 27.2 Å². The average molecular weight is 262 g/mol. The zero-order chi connectivity index (χ0) is 13.0.